The molecule has 0 amide bonds. The lowest BCUT2D eigenvalue weighted by molar-refractivity contribution is -0.133. The number of carbonyl (C=O) groups is 2. The van der Waals surface area contributed by atoms with Gasteiger partial charge in [-0.25, -0.2) is 9.59 Å². The van der Waals surface area contributed by atoms with E-state index in [4.69, 9.17) is 10.2 Å². The van der Waals surface area contributed by atoms with Crippen molar-refractivity contribution in [3.05, 3.63) is 45.6 Å². The molecular formula is C12H8O4. The lowest BCUT2D eigenvalue weighted by Gasteiger charge is -2.05. The summed E-state index contributed by atoms with van der Waals surface area (Å²) in [5.41, 5.74) is 4.24. The highest BCUT2D eigenvalue weighted by atomic mass is 16.4. The first kappa shape index (κ1) is 9.15. The van der Waals surface area contributed by atoms with Gasteiger partial charge in [0, 0.05) is 12.0 Å². The van der Waals surface area contributed by atoms with Crippen molar-refractivity contribution in [3.63, 3.8) is 0 Å². The highest BCUT2D eigenvalue weighted by molar-refractivity contribution is 5.98. The van der Waals surface area contributed by atoms with Crippen LogP contribution in [0.15, 0.2) is 45.6 Å². The van der Waals surface area contributed by atoms with Crippen LogP contribution in [0.2, 0.25) is 0 Å². The van der Waals surface area contributed by atoms with E-state index in [9.17, 15) is 9.59 Å². The summed E-state index contributed by atoms with van der Waals surface area (Å²) in [4.78, 5) is 21.8. The maximum Gasteiger partial charge on any atom is 0.335 e. The second-order valence-corrected chi connectivity index (χ2v) is 4.09. The third-order valence-electron chi connectivity index (χ3n) is 3.24. The molecule has 0 spiro atoms. The summed E-state index contributed by atoms with van der Waals surface area (Å²) < 4.78 is 0. The monoisotopic (exact) mass is 216 g/mol. The molecule has 4 heteroatoms. The Morgan fingerprint density at radius 3 is 2.38 bits per heavy atom. The molecule has 0 aliphatic heterocycles. The van der Waals surface area contributed by atoms with Crippen LogP contribution in [0.3, 0.4) is 0 Å². The topological polar surface area (TPSA) is 74.6 Å². The Morgan fingerprint density at radius 2 is 1.75 bits per heavy atom. The number of carboxylic acids is 2. The van der Waals surface area contributed by atoms with Crippen molar-refractivity contribution in [1.29, 1.82) is 0 Å². The summed E-state index contributed by atoms with van der Waals surface area (Å²) in [5.74, 6) is -1.85. The standard InChI is InChI=1S/C12H8O4/c13-11(14)6-3-7-5-1-9(8(7)4-6)10(2-5)12(15)16/h2-3H,1,4H2,(H,13,14)(H,15,16). The van der Waals surface area contributed by atoms with Gasteiger partial charge in [0.1, 0.15) is 0 Å². The lowest BCUT2D eigenvalue weighted by atomic mass is 9.99. The number of allylic oxidation sites excluding steroid dienone is 5. The average Bonchev–Trinajstić information content (AvgIpc) is 2.87. The fourth-order valence-electron chi connectivity index (χ4n) is 2.52. The van der Waals surface area contributed by atoms with Gasteiger partial charge in [-0.1, -0.05) is 0 Å². The molecule has 0 aromatic carbocycles. The van der Waals surface area contributed by atoms with Gasteiger partial charge in [-0.05, 0) is 40.9 Å². The Morgan fingerprint density at radius 1 is 1.00 bits per heavy atom. The van der Waals surface area contributed by atoms with Crippen molar-refractivity contribution in [2.75, 3.05) is 0 Å². The molecule has 2 bridgehead atoms. The summed E-state index contributed by atoms with van der Waals surface area (Å²) in [7, 11) is 0. The minimum absolute atomic E-state index is 0.328. The van der Waals surface area contributed by atoms with E-state index in [0.29, 0.717) is 24.0 Å². The first-order chi connectivity index (χ1) is 7.58. The maximum atomic E-state index is 10.9. The van der Waals surface area contributed by atoms with E-state index >= 15 is 0 Å². The fraction of sp³-hybridized carbons (Fsp3) is 0.167. The number of carboxylic acid groups (broad SMARTS) is 2. The van der Waals surface area contributed by atoms with E-state index < -0.39 is 11.9 Å². The molecule has 0 saturated carbocycles. The van der Waals surface area contributed by atoms with Crippen LogP contribution < -0.4 is 0 Å². The van der Waals surface area contributed by atoms with E-state index in [2.05, 4.69) is 0 Å². The fourth-order valence-corrected chi connectivity index (χ4v) is 2.52. The highest BCUT2D eigenvalue weighted by Crippen LogP contribution is 2.50. The van der Waals surface area contributed by atoms with Gasteiger partial charge in [-0.15, -0.1) is 0 Å². The SMILES string of the molecule is O=C(O)C1=CC2=C(C1)C1=C(C(=O)O)C=C2C1. The third kappa shape index (κ3) is 0.984. The lowest BCUT2D eigenvalue weighted by Crippen LogP contribution is -2.03. The van der Waals surface area contributed by atoms with E-state index in [1.165, 1.54) is 0 Å². The van der Waals surface area contributed by atoms with Gasteiger partial charge < -0.3 is 10.2 Å². The van der Waals surface area contributed by atoms with E-state index in [1.54, 1.807) is 12.2 Å². The molecule has 0 aromatic heterocycles. The minimum Gasteiger partial charge on any atom is -0.478 e. The number of hydrogen-bond acceptors (Lipinski definition) is 2. The van der Waals surface area contributed by atoms with Crippen LogP contribution in [0, 0.1) is 0 Å². The van der Waals surface area contributed by atoms with Crippen molar-refractivity contribution in [2.24, 2.45) is 0 Å². The van der Waals surface area contributed by atoms with Gasteiger partial charge in [-0.3, -0.25) is 0 Å². The molecule has 80 valence electrons. The van der Waals surface area contributed by atoms with Crippen LogP contribution >= 0.6 is 0 Å². The smallest absolute Gasteiger partial charge is 0.335 e. The summed E-state index contributed by atoms with van der Waals surface area (Å²) >= 11 is 0. The van der Waals surface area contributed by atoms with Crippen molar-refractivity contribution in [1.82, 2.24) is 0 Å². The zero-order valence-corrected chi connectivity index (χ0v) is 8.28. The molecule has 2 N–H and O–H groups in total. The molecule has 4 nitrogen and oxygen atoms in total. The normalized spacial score (nSPS) is 21.2. The van der Waals surface area contributed by atoms with Crippen LogP contribution in [0.5, 0.6) is 0 Å². The number of rotatable bonds is 2. The van der Waals surface area contributed by atoms with Gasteiger partial charge in [0.25, 0.3) is 0 Å². The third-order valence-corrected chi connectivity index (χ3v) is 3.24. The van der Waals surface area contributed by atoms with Gasteiger partial charge >= 0.3 is 11.9 Å². The van der Waals surface area contributed by atoms with Crippen LogP contribution in [0.4, 0.5) is 0 Å². The van der Waals surface area contributed by atoms with Crippen LogP contribution in [0.1, 0.15) is 12.8 Å². The van der Waals surface area contributed by atoms with Crippen molar-refractivity contribution < 1.29 is 19.8 Å². The second-order valence-electron chi connectivity index (χ2n) is 4.09. The molecule has 0 fully saturated rings. The zero-order valence-electron chi connectivity index (χ0n) is 8.28. The highest BCUT2D eigenvalue weighted by Gasteiger charge is 2.36. The summed E-state index contributed by atoms with van der Waals surface area (Å²) in [6.07, 6.45) is 4.32. The van der Waals surface area contributed by atoms with Crippen LogP contribution in [0.25, 0.3) is 0 Å². The van der Waals surface area contributed by atoms with Gasteiger partial charge in [0.15, 0.2) is 0 Å². The Labute approximate surface area is 90.9 Å². The molecule has 16 heavy (non-hydrogen) atoms. The summed E-state index contributed by atoms with van der Waals surface area (Å²) in [5, 5.41) is 17.9. The minimum atomic E-state index is -0.930. The predicted octanol–water partition coefficient (Wildman–Crippen LogP) is 1.42. The number of hydrogen-bond donors (Lipinski definition) is 2. The Hall–Kier alpha value is -2.10. The second kappa shape index (κ2) is 2.72. The van der Waals surface area contributed by atoms with Gasteiger partial charge in [0.05, 0.1) is 5.57 Å². The molecule has 0 aromatic rings. The van der Waals surface area contributed by atoms with Gasteiger partial charge in [0.2, 0.25) is 0 Å². The van der Waals surface area contributed by atoms with Crippen molar-refractivity contribution in [3.8, 4) is 0 Å². The number of fused-ring (bicyclic) bond motifs is 4. The molecular weight excluding hydrogens is 208 g/mol. The first-order valence-corrected chi connectivity index (χ1v) is 4.92. The van der Waals surface area contributed by atoms with Crippen molar-refractivity contribution >= 4 is 11.9 Å². The molecule has 0 radical (unpaired) electrons. The van der Waals surface area contributed by atoms with Crippen LogP contribution in [-0.4, -0.2) is 22.2 Å². The van der Waals surface area contributed by atoms with E-state index in [-0.39, 0.29) is 0 Å². The predicted molar refractivity (Wildman–Crippen MR) is 54.7 cm³/mol. The molecule has 3 aliphatic rings. The first-order valence-electron chi connectivity index (χ1n) is 4.92. The number of aliphatic carboxylic acids is 2. The Kier molecular flexibility index (Phi) is 1.56. The van der Waals surface area contributed by atoms with E-state index in [0.717, 1.165) is 22.3 Å². The Balaban J connectivity index is 2.05. The zero-order chi connectivity index (χ0) is 11.4. The molecule has 0 saturated heterocycles. The van der Waals surface area contributed by atoms with Crippen molar-refractivity contribution in [2.45, 2.75) is 12.8 Å². The molecule has 0 unspecified atom stereocenters. The van der Waals surface area contributed by atoms with E-state index in [1.807, 2.05) is 0 Å². The molecule has 0 atom stereocenters. The largest absolute Gasteiger partial charge is 0.478 e. The summed E-state index contributed by atoms with van der Waals surface area (Å²) in [6, 6.07) is 0. The quantitative estimate of drug-likeness (QED) is 0.732. The molecule has 3 rings (SSSR count). The Bertz CT molecular complexity index is 570. The molecule has 3 aliphatic carbocycles. The molecule has 0 heterocycles. The maximum absolute atomic E-state index is 10.9. The average molecular weight is 216 g/mol. The summed E-state index contributed by atoms with van der Waals surface area (Å²) in [6.45, 7) is 0. The van der Waals surface area contributed by atoms with Gasteiger partial charge in [-0.2, -0.15) is 0 Å². The van der Waals surface area contributed by atoms with Crippen LogP contribution in [-0.2, 0) is 9.59 Å².